The minimum Gasteiger partial charge on any atom is -0.382 e. The number of rotatable bonds is 5. The highest BCUT2D eigenvalue weighted by molar-refractivity contribution is 5.49. The largest absolute Gasteiger partial charge is 0.382 e. The van der Waals surface area contributed by atoms with Gasteiger partial charge in [0.1, 0.15) is 11.9 Å². The molecule has 1 N–H and O–H groups in total. The number of hydrogen-bond acceptors (Lipinski definition) is 4. The van der Waals surface area contributed by atoms with E-state index in [0.29, 0.717) is 11.8 Å². The summed E-state index contributed by atoms with van der Waals surface area (Å²) in [5.74, 6) is 2.14. The standard InChI is InChI=1S/C16H23N5O/c1-20-7-6-17-16(20)15-12(5-8-22-15)9-18-13-10-21(2)19-14(13)11-3-4-11/h6-7,10-12,15,18H,3-5,8-9H2,1-2H3/t12-,15+/m0/s1. The van der Waals surface area contributed by atoms with Gasteiger partial charge in [0, 0.05) is 57.7 Å². The Kier molecular flexibility index (Phi) is 3.41. The van der Waals surface area contributed by atoms with E-state index in [0.717, 1.165) is 25.4 Å². The van der Waals surface area contributed by atoms with Gasteiger partial charge in [-0.1, -0.05) is 0 Å². The van der Waals surface area contributed by atoms with Crippen molar-refractivity contribution in [1.29, 1.82) is 0 Å². The van der Waals surface area contributed by atoms with Gasteiger partial charge in [-0.05, 0) is 19.3 Å². The van der Waals surface area contributed by atoms with E-state index in [1.54, 1.807) is 0 Å². The summed E-state index contributed by atoms with van der Waals surface area (Å²) < 4.78 is 9.90. The molecule has 0 bridgehead atoms. The number of nitrogens with one attached hydrogen (secondary N) is 1. The number of anilines is 1. The summed E-state index contributed by atoms with van der Waals surface area (Å²) in [6.07, 6.45) is 9.63. The Balaban J connectivity index is 1.46. The zero-order valence-corrected chi connectivity index (χ0v) is 13.2. The van der Waals surface area contributed by atoms with Gasteiger partial charge in [-0.15, -0.1) is 0 Å². The molecule has 0 spiro atoms. The van der Waals surface area contributed by atoms with Crippen molar-refractivity contribution >= 4 is 5.69 Å². The zero-order chi connectivity index (χ0) is 15.1. The van der Waals surface area contributed by atoms with Crippen LogP contribution < -0.4 is 5.32 Å². The second kappa shape index (κ2) is 5.43. The van der Waals surface area contributed by atoms with Crippen molar-refractivity contribution in [2.75, 3.05) is 18.5 Å². The molecule has 1 aliphatic heterocycles. The molecule has 2 aliphatic rings. The summed E-state index contributed by atoms with van der Waals surface area (Å²) in [7, 11) is 4.02. The van der Waals surface area contributed by atoms with E-state index in [1.807, 2.05) is 31.2 Å². The zero-order valence-electron chi connectivity index (χ0n) is 13.2. The highest BCUT2D eigenvalue weighted by atomic mass is 16.5. The summed E-state index contributed by atoms with van der Waals surface area (Å²) in [5, 5.41) is 8.22. The number of nitrogens with zero attached hydrogens (tertiary/aromatic N) is 4. The first-order valence-electron chi connectivity index (χ1n) is 8.08. The topological polar surface area (TPSA) is 56.9 Å². The molecular formula is C16H23N5O. The third-order valence-corrected chi connectivity index (χ3v) is 4.70. The molecule has 3 heterocycles. The predicted octanol–water partition coefficient (Wildman–Crippen LogP) is 2.22. The molecule has 2 aromatic rings. The number of hydrogen-bond donors (Lipinski definition) is 1. The van der Waals surface area contributed by atoms with E-state index in [9.17, 15) is 0 Å². The molecule has 1 aliphatic carbocycles. The van der Waals surface area contributed by atoms with Gasteiger partial charge in [0.05, 0.1) is 11.4 Å². The fraction of sp³-hybridized carbons (Fsp3) is 0.625. The van der Waals surface area contributed by atoms with Gasteiger partial charge in [0.2, 0.25) is 0 Å². The van der Waals surface area contributed by atoms with Crippen LogP contribution in [0, 0.1) is 5.92 Å². The summed E-state index contributed by atoms with van der Waals surface area (Å²) in [5.41, 5.74) is 2.42. The maximum absolute atomic E-state index is 5.93. The lowest BCUT2D eigenvalue weighted by Crippen LogP contribution is -2.20. The second-order valence-corrected chi connectivity index (χ2v) is 6.49. The number of ether oxygens (including phenoxy) is 1. The molecule has 1 saturated heterocycles. The average molecular weight is 301 g/mol. The number of aryl methyl sites for hydroxylation is 2. The van der Waals surface area contributed by atoms with Crippen LogP contribution in [0.3, 0.4) is 0 Å². The molecule has 4 rings (SSSR count). The molecule has 2 fully saturated rings. The van der Waals surface area contributed by atoms with Gasteiger partial charge in [0.15, 0.2) is 0 Å². The molecule has 6 heteroatoms. The fourth-order valence-corrected chi connectivity index (χ4v) is 3.32. The molecule has 2 atom stereocenters. The van der Waals surface area contributed by atoms with E-state index in [1.165, 1.54) is 24.2 Å². The van der Waals surface area contributed by atoms with Crippen LogP contribution >= 0.6 is 0 Å². The van der Waals surface area contributed by atoms with Crippen molar-refractivity contribution < 1.29 is 4.74 Å². The highest BCUT2D eigenvalue weighted by Gasteiger charge is 2.33. The summed E-state index contributed by atoms with van der Waals surface area (Å²) in [6.45, 7) is 1.72. The van der Waals surface area contributed by atoms with Crippen molar-refractivity contribution in [2.45, 2.75) is 31.3 Å². The molecule has 0 unspecified atom stereocenters. The molecule has 6 nitrogen and oxygen atoms in total. The van der Waals surface area contributed by atoms with Gasteiger partial charge in [0.25, 0.3) is 0 Å². The third kappa shape index (κ3) is 2.52. The maximum atomic E-state index is 5.93. The lowest BCUT2D eigenvalue weighted by atomic mass is 10.0. The van der Waals surface area contributed by atoms with E-state index in [2.05, 4.69) is 26.2 Å². The first-order chi connectivity index (χ1) is 10.7. The Bertz CT molecular complexity index is 657. The molecule has 118 valence electrons. The van der Waals surface area contributed by atoms with Crippen LogP contribution in [0.1, 0.15) is 42.8 Å². The molecule has 0 radical (unpaired) electrons. The number of imidazole rings is 1. The van der Waals surface area contributed by atoms with Gasteiger partial charge in [-0.25, -0.2) is 4.98 Å². The van der Waals surface area contributed by atoms with E-state index in [4.69, 9.17) is 4.74 Å². The van der Waals surface area contributed by atoms with Crippen LogP contribution in [-0.2, 0) is 18.8 Å². The Morgan fingerprint density at radius 3 is 2.91 bits per heavy atom. The predicted molar refractivity (Wildman–Crippen MR) is 83.7 cm³/mol. The van der Waals surface area contributed by atoms with Crippen molar-refractivity contribution in [2.24, 2.45) is 20.0 Å². The Morgan fingerprint density at radius 2 is 2.18 bits per heavy atom. The molecule has 1 saturated carbocycles. The van der Waals surface area contributed by atoms with Gasteiger partial charge < -0.3 is 14.6 Å². The smallest absolute Gasteiger partial charge is 0.138 e. The third-order valence-electron chi connectivity index (χ3n) is 4.70. The van der Waals surface area contributed by atoms with Gasteiger partial charge in [-0.2, -0.15) is 5.10 Å². The summed E-state index contributed by atoms with van der Waals surface area (Å²) >= 11 is 0. The van der Waals surface area contributed by atoms with Crippen LogP contribution in [0.15, 0.2) is 18.6 Å². The quantitative estimate of drug-likeness (QED) is 0.920. The fourth-order valence-electron chi connectivity index (χ4n) is 3.32. The second-order valence-electron chi connectivity index (χ2n) is 6.49. The molecule has 0 amide bonds. The van der Waals surface area contributed by atoms with Crippen LogP contribution in [-0.4, -0.2) is 32.5 Å². The van der Waals surface area contributed by atoms with Crippen molar-refractivity contribution in [1.82, 2.24) is 19.3 Å². The molecular weight excluding hydrogens is 278 g/mol. The van der Waals surface area contributed by atoms with Crippen LogP contribution in [0.4, 0.5) is 5.69 Å². The SMILES string of the molecule is Cn1cc(NC[C@@H]2CCO[C@H]2c2nccn2C)c(C2CC2)n1. The van der Waals surface area contributed by atoms with Gasteiger partial charge >= 0.3 is 0 Å². The normalized spacial score (nSPS) is 24.8. The minimum atomic E-state index is 0.0912. The lowest BCUT2D eigenvalue weighted by molar-refractivity contribution is 0.0839. The van der Waals surface area contributed by atoms with Crippen LogP contribution in [0.5, 0.6) is 0 Å². The van der Waals surface area contributed by atoms with Gasteiger partial charge in [-0.3, -0.25) is 4.68 Å². The summed E-state index contributed by atoms with van der Waals surface area (Å²) in [6, 6.07) is 0. The summed E-state index contributed by atoms with van der Waals surface area (Å²) in [4.78, 5) is 4.46. The van der Waals surface area contributed by atoms with Crippen molar-refractivity contribution in [3.63, 3.8) is 0 Å². The van der Waals surface area contributed by atoms with Crippen LogP contribution in [0.25, 0.3) is 0 Å². The van der Waals surface area contributed by atoms with E-state index in [-0.39, 0.29) is 6.10 Å². The molecule has 0 aromatic carbocycles. The minimum absolute atomic E-state index is 0.0912. The molecule has 2 aromatic heterocycles. The first kappa shape index (κ1) is 13.8. The van der Waals surface area contributed by atoms with Crippen molar-refractivity contribution in [3.05, 3.63) is 30.1 Å². The Labute approximate surface area is 130 Å². The van der Waals surface area contributed by atoms with E-state index >= 15 is 0 Å². The van der Waals surface area contributed by atoms with Crippen molar-refractivity contribution in [3.8, 4) is 0 Å². The van der Waals surface area contributed by atoms with E-state index < -0.39 is 0 Å². The van der Waals surface area contributed by atoms with Crippen LogP contribution in [0.2, 0.25) is 0 Å². The Morgan fingerprint density at radius 1 is 1.32 bits per heavy atom. The lowest BCUT2D eigenvalue weighted by Gasteiger charge is -2.19. The average Bonchev–Trinajstić information content (AvgIpc) is 2.90. The monoisotopic (exact) mass is 301 g/mol. The molecule has 22 heavy (non-hydrogen) atoms. The highest BCUT2D eigenvalue weighted by Crippen LogP contribution is 2.42. The number of aromatic nitrogens is 4. The first-order valence-corrected chi connectivity index (χ1v) is 8.08. The Hall–Kier alpha value is -1.82. The maximum Gasteiger partial charge on any atom is 0.138 e.